The number of carboxylic acid groups (broad SMARTS) is 1. The Balaban J connectivity index is 3.38. The lowest BCUT2D eigenvalue weighted by Gasteiger charge is -2.19. The van der Waals surface area contributed by atoms with Gasteiger partial charge >= 0.3 is 5.97 Å². The quantitative estimate of drug-likeness (QED) is 0.477. The molecule has 0 amide bonds. The largest absolute Gasteiger partial charge is 0.478 e. The molecule has 0 aliphatic rings. The zero-order valence-corrected chi connectivity index (χ0v) is 9.61. The van der Waals surface area contributed by atoms with Gasteiger partial charge in [0.05, 0.1) is 28.3 Å². The number of benzene rings is 1. The van der Waals surface area contributed by atoms with Crippen LogP contribution >= 0.6 is 0 Å². The van der Waals surface area contributed by atoms with Crippen LogP contribution in [0, 0.1) is 32.8 Å². The molecule has 1 aromatic carbocycles. The molecule has 0 saturated carbocycles. The van der Waals surface area contributed by atoms with Crippen LogP contribution in [0.2, 0.25) is 0 Å². The van der Waals surface area contributed by atoms with E-state index in [9.17, 15) is 14.9 Å². The van der Waals surface area contributed by atoms with E-state index in [4.69, 9.17) is 15.6 Å². The predicted octanol–water partition coefficient (Wildman–Crippen LogP) is 1.15. The molecule has 0 aromatic heterocycles. The number of non-ortho nitro benzene ring substituents is 1. The number of carboxylic acids is 1. The second-order valence-corrected chi connectivity index (χ2v) is 3.44. The zero-order chi connectivity index (χ0) is 14.4. The molecule has 19 heavy (non-hydrogen) atoms. The summed E-state index contributed by atoms with van der Waals surface area (Å²) in [6, 6.07) is 6.74. The number of hydrogen-bond acceptors (Lipinski definition) is 6. The number of anilines is 1. The fourth-order valence-electron chi connectivity index (χ4n) is 1.47. The van der Waals surface area contributed by atoms with Crippen molar-refractivity contribution in [3.63, 3.8) is 0 Å². The molecule has 0 atom stereocenters. The molecule has 0 heterocycles. The van der Waals surface area contributed by atoms with Crippen molar-refractivity contribution in [1.29, 1.82) is 10.5 Å². The summed E-state index contributed by atoms with van der Waals surface area (Å²) < 4.78 is 0. The lowest BCUT2D eigenvalue weighted by atomic mass is 10.1. The Kier molecular flexibility index (Phi) is 4.39. The molecule has 0 fully saturated rings. The van der Waals surface area contributed by atoms with Crippen molar-refractivity contribution in [3.05, 3.63) is 33.9 Å². The van der Waals surface area contributed by atoms with Crippen molar-refractivity contribution >= 4 is 17.3 Å². The molecule has 1 N–H and O–H groups in total. The lowest BCUT2D eigenvalue weighted by molar-refractivity contribution is -0.384. The molecule has 0 radical (unpaired) electrons. The summed E-state index contributed by atoms with van der Waals surface area (Å²) in [5.74, 6) is -1.29. The van der Waals surface area contributed by atoms with Crippen LogP contribution in [0.1, 0.15) is 10.4 Å². The van der Waals surface area contributed by atoms with Gasteiger partial charge in [-0.05, 0) is 6.07 Å². The summed E-state index contributed by atoms with van der Waals surface area (Å²) in [7, 11) is 0. The van der Waals surface area contributed by atoms with Gasteiger partial charge in [-0.25, -0.2) is 4.79 Å². The first-order valence-corrected chi connectivity index (χ1v) is 5.01. The SMILES string of the molecule is N#CCN(CC#N)c1cc([N+](=O)[O-])ccc1C(=O)O. The topological polar surface area (TPSA) is 131 Å². The Bertz CT molecular complexity index is 584. The minimum absolute atomic E-state index is 0.0233. The van der Waals surface area contributed by atoms with Crippen molar-refractivity contribution in [3.8, 4) is 12.1 Å². The number of hydrogen-bond donors (Lipinski definition) is 1. The third-order valence-corrected chi connectivity index (χ3v) is 2.29. The second kappa shape index (κ2) is 5.98. The first kappa shape index (κ1) is 13.9. The minimum atomic E-state index is -1.29. The number of carbonyl (C=O) groups is 1. The fourth-order valence-corrected chi connectivity index (χ4v) is 1.47. The van der Waals surface area contributed by atoms with Crippen LogP contribution in [0.3, 0.4) is 0 Å². The molecule has 8 heteroatoms. The van der Waals surface area contributed by atoms with Gasteiger partial charge in [0.1, 0.15) is 13.1 Å². The van der Waals surface area contributed by atoms with Crippen molar-refractivity contribution in [2.24, 2.45) is 0 Å². The van der Waals surface area contributed by atoms with E-state index in [1.165, 1.54) is 0 Å². The third-order valence-electron chi connectivity index (χ3n) is 2.29. The molecule has 0 unspecified atom stereocenters. The van der Waals surface area contributed by atoms with Crippen LogP contribution in [-0.2, 0) is 0 Å². The molecule has 96 valence electrons. The first-order valence-electron chi connectivity index (χ1n) is 5.01. The number of nitro groups is 1. The van der Waals surface area contributed by atoms with Crippen LogP contribution in [0.15, 0.2) is 18.2 Å². The minimum Gasteiger partial charge on any atom is -0.478 e. The predicted molar refractivity (Wildman–Crippen MR) is 63.5 cm³/mol. The maximum Gasteiger partial charge on any atom is 0.337 e. The van der Waals surface area contributed by atoms with Gasteiger partial charge in [-0.15, -0.1) is 0 Å². The zero-order valence-electron chi connectivity index (χ0n) is 9.61. The maximum atomic E-state index is 11.1. The van der Waals surface area contributed by atoms with Gasteiger partial charge < -0.3 is 10.0 Å². The average Bonchev–Trinajstić information content (AvgIpc) is 2.37. The average molecular weight is 260 g/mol. The molecule has 0 aliphatic heterocycles. The van der Waals surface area contributed by atoms with Gasteiger partial charge in [0, 0.05) is 12.1 Å². The van der Waals surface area contributed by atoms with Gasteiger partial charge in [0.2, 0.25) is 0 Å². The lowest BCUT2D eigenvalue weighted by Crippen LogP contribution is -2.26. The van der Waals surface area contributed by atoms with E-state index in [2.05, 4.69) is 0 Å². The van der Waals surface area contributed by atoms with E-state index in [1.54, 1.807) is 12.1 Å². The Labute approximate surface area is 107 Å². The summed E-state index contributed by atoms with van der Waals surface area (Å²) >= 11 is 0. The number of nitro benzene ring substituents is 1. The highest BCUT2D eigenvalue weighted by atomic mass is 16.6. The number of nitriles is 2. The Morgan fingerprint density at radius 1 is 1.37 bits per heavy atom. The highest BCUT2D eigenvalue weighted by Crippen LogP contribution is 2.26. The summed E-state index contributed by atoms with van der Waals surface area (Å²) in [5.41, 5.74) is -0.526. The van der Waals surface area contributed by atoms with Crippen LogP contribution in [-0.4, -0.2) is 29.1 Å². The third kappa shape index (κ3) is 3.17. The summed E-state index contributed by atoms with van der Waals surface area (Å²) in [5, 5.41) is 37.0. The smallest absolute Gasteiger partial charge is 0.337 e. The number of rotatable bonds is 5. The molecular formula is C11H8N4O4. The van der Waals surface area contributed by atoms with Gasteiger partial charge in [-0.2, -0.15) is 10.5 Å². The van der Waals surface area contributed by atoms with Crippen LogP contribution in [0.5, 0.6) is 0 Å². The standard InChI is InChI=1S/C11H8N4O4/c12-3-5-14(6-4-13)10-7-8(15(18)19)1-2-9(10)11(16)17/h1-2,7H,5-6H2,(H,16,17). The van der Waals surface area contributed by atoms with E-state index >= 15 is 0 Å². The molecule has 0 aliphatic carbocycles. The van der Waals surface area contributed by atoms with Crippen molar-refractivity contribution in [2.75, 3.05) is 18.0 Å². The monoisotopic (exact) mass is 260 g/mol. The van der Waals surface area contributed by atoms with Crippen molar-refractivity contribution in [2.45, 2.75) is 0 Å². The van der Waals surface area contributed by atoms with Gasteiger partial charge in [-0.1, -0.05) is 0 Å². The molecule has 8 nitrogen and oxygen atoms in total. The molecule has 0 saturated heterocycles. The van der Waals surface area contributed by atoms with Crippen LogP contribution in [0.4, 0.5) is 11.4 Å². The summed E-state index contributed by atoms with van der Waals surface area (Å²) in [6.07, 6.45) is 0. The highest BCUT2D eigenvalue weighted by Gasteiger charge is 2.19. The Hall–Kier alpha value is -3.13. The molecule has 0 spiro atoms. The maximum absolute atomic E-state index is 11.1. The molecule has 1 aromatic rings. The number of nitrogens with zero attached hydrogens (tertiary/aromatic N) is 4. The van der Waals surface area contributed by atoms with E-state index < -0.39 is 10.9 Å². The highest BCUT2D eigenvalue weighted by molar-refractivity contribution is 5.95. The Morgan fingerprint density at radius 2 is 1.95 bits per heavy atom. The fraction of sp³-hybridized carbons (Fsp3) is 0.182. The second-order valence-electron chi connectivity index (χ2n) is 3.44. The summed E-state index contributed by atoms with van der Waals surface area (Å²) in [6.45, 7) is -0.482. The first-order chi connectivity index (χ1) is 9.01. The molecular weight excluding hydrogens is 252 g/mol. The molecule has 0 bridgehead atoms. The molecule has 1 rings (SSSR count). The van der Waals surface area contributed by atoms with E-state index in [1.807, 2.05) is 0 Å². The van der Waals surface area contributed by atoms with E-state index in [0.29, 0.717) is 0 Å². The van der Waals surface area contributed by atoms with Crippen molar-refractivity contribution in [1.82, 2.24) is 0 Å². The van der Waals surface area contributed by atoms with E-state index in [-0.39, 0.29) is 30.0 Å². The normalized spacial score (nSPS) is 9.16. The Morgan fingerprint density at radius 3 is 2.37 bits per heavy atom. The van der Waals surface area contributed by atoms with Gasteiger partial charge in [0.25, 0.3) is 5.69 Å². The van der Waals surface area contributed by atoms with Gasteiger partial charge in [0.15, 0.2) is 0 Å². The van der Waals surface area contributed by atoms with E-state index in [0.717, 1.165) is 23.1 Å². The number of aromatic carboxylic acids is 1. The van der Waals surface area contributed by atoms with Gasteiger partial charge in [-0.3, -0.25) is 10.1 Å². The van der Waals surface area contributed by atoms with Crippen LogP contribution in [0.25, 0.3) is 0 Å². The van der Waals surface area contributed by atoms with Crippen LogP contribution < -0.4 is 4.90 Å². The summed E-state index contributed by atoms with van der Waals surface area (Å²) in [4.78, 5) is 22.2. The van der Waals surface area contributed by atoms with Crippen molar-refractivity contribution < 1.29 is 14.8 Å².